The minimum Gasteiger partial charge on any atom is -0.456 e. The second kappa shape index (κ2) is 11.7. The molecule has 0 aromatic heterocycles. The zero-order valence-electron chi connectivity index (χ0n) is 21.8. The number of rotatable bonds is 8. The molecule has 0 fully saturated rings. The summed E-state index contributed by atoms with van der Waals surface area (Å²) in [5.74, 6) is 1.73. The molecule has 0 spiro atoms. The maximum absolute atomic E-state index is 6.91. The van der Waals surface area contributed by atoms with Crippen LogP contribution < -0.4 is 4.74 Å². The summed E-state index contributed by atoms with van der Waals surface area (Å²) < 4.78 is 6.91. The molecule has 6 rings (SSSR count). The SMILES string of the molecule is c1ccc(Cc2ccc(-c3ccccc3)c(Oc3cc(Cc4ccccc4)ccc3-c3ccccc3)c2)cc1. The number of hydrogen-bond donors (Lipinski definition) is 0. The van der Waals surface area contributed by atoms with Crippen LogP contribution in [-0.4, -0.2) is 0 Å². The number of ether oxygens (including phenoxy) is 1. The van der Waals surface area contributed by atoms with Gasteiger partial charge in [-0.05, 0) is 58.4 Å². The third-order valence-electron chi connectivity index (χ3n) is 6.98. The molecule has 0 aliphatic rings. The van der Waals surface area contributed by atoms with E-state index in [0.717, 1.165) is 46.6 Å². The molecule has 39 heavy (non-hydrogen) atoms. The van der Waals surface area contributed by atoms with Gasteiger partial charge in [0.25, 0.3) is 0 Å². The van der Waals surface area contributed by atoms with Crippen molar-refractivity contribution in [3.05, 3.63) is 180 Å². The maximum Gasteiger partial charge on any atom is 0.135 e. The summed E-state index contributed by atoms with van der Waals surface area (Å²) in [5.41, 5.74) is 9.45. The monoisotopic (exact) mass is 502 g/mol. The van der Waals surface area contributed by atoms with Crippen LogP contribution in [0.1, 0.15) is 22.3 Å². The first kappa shape index (κ1) is 24.5. The van der Waals surface area contributed by atoms with E-state index < -0.39 is 0 Å². The highest BCUT2D eigenvalue weighted by atomic mass is 16.5. The first-order chi connectivity index (χ1) is 19.3. The Morgan fingerprint density at radius 3 is 1.08 bits per heavy atom. The Bertz CT molecular complexity index is 1510. The Morgan fingerprint density at radius 2 is 0.692 bits per heavy atom. The predicted molar refractivity (Wildman–Crippen MR) is 162 cm³/mol. The summed E-state index contributed by atoms with van der Waals surface area (Å²) in [4.78, 5) is 0. The zero-order valence-corrected chi connectivity index (χ0v) is 21.8. The lowest BCUT2D eigenvalue weighted by molar-refractivity contribution is 0.485. The third-order valence-corrected chi connectivity index (χ3v) is 6.98. The van der Waals surface area contributed by atoms with Crippen molar-refractivity contribution in [1.82, 2.24) is 0 Å². The molecular weight excluding hydrogens is 472 g/mol. The smallest absolute Gasteiger partial charge is 0.135 e. The molecule has 188 valence electrons. The second-order valence-corrected chi connectivity index (χ2v) is 9.82. The van der Waals surface area contributed by atoms with Crippen LogP contribution in [0.3, 0.4) is 0 Å². The van der Waals surface area contributed by atoms with Crippen LogP contribution >= 0.6 is 0 Å². The maximum atomic E-state index is 6.91. The molecule has 0 atom stereocenters. The van der Waals surface area contributed by atoms with Crippen LogP contribution in [0.15, 0.2) is 158 Å². The fourth-order valence-electron chi connectivity index (χ4n) is 5.02. The normalized spacial score (nSPS) is 10.8. The van der Waals surface area contributed by atoms with E-state index in [9.17, 15) is 0 Å². The molecule has 0 aliphatic heterocycles. The Balaban J connectivity index is 1.43. The van der Waals surface area contributed by atoms with Gasteiger partial charge in [-0.15, -0.1) is 0 Å². The van der Waals surface area contributed by atoms with Gasteiger partial charge in [0.1, 0.15) is 11.5 Å². The Kier molecular flexibility index (Phi) is 7.32. The fraction of sp³-hybridized carbons (Fsp3) is 0.0526. The van der Waals surface area contributed by atoms with Gasteiger partial charge in [-0.25, -0.2) is 0 Å². The lowest BCUT2D eigenvalue weighted by Crippen LogP contribution is -1.96. The molecule has 6 aromatic carbocycles. The predicted octanol–water partition coefficient (Wildman–Crippen LogP) is 9.99. The van der Waals surface area contributed by atoms with E-state index in [1.54, 1.807) is 0 Å². The van der Waals surface area contributed by atoms with Crippen molar-refractivity contribution in [3.8, 4) is 33.8 Å². The summed E-state index contributed by atoms with van der Waals surface area (Å²) in [5, 5.41) is 0. The molecule has 0 unspecified atom stereocenters. The molecule has 0 amide bonds. The van der Waals surface area contributed by atoms with Crippen LogP contribution in [0.5, 0.6) is 11.5 Å². The van der Waals surface area contributed by atoms with Gasteiger partial charge in [0, 0.05) is 11.1 Å². The van der Waals surface area contributed by atoms with E-state index in [4.69, 9.17) is 4.74 Å². The van der Waals surface area contributed by atoms with E-state index >= 15 is 0 Å². The van der Waals surface area contributed by atoms with Crippen LogP contribution in [0.4, 0.5) is 0 Å². The summed E-state index contributed by atoms with van der Waals surface area (Å²) >= 11 is 0. The molecule has 0 radical (unpaired) electrons. The standard InChI is InChI=1S/C38H30O/c1-5-13-29(14-6-1)25-31-21-23-35(33-17-9-3-10-18-33)37(27-31)39-38-28-32(26-30-15-7-2-8-16-30)22-24-36(38)34-19-11-4-12-20-34/h1-24,27-28H,25-26H2. The van der Waals surface area contributed by atoms with Crippen molar-refractivity contribution in [2.45, 2.75) is 12.8 Å². The van der Waals surface area contributed by atoms with Gasteiger partial charge in [-0.1, -0.05) is 146 Å². The van der Waals surface area contributed by atoms with Crippen LogP contribution in [0, 0.1) is 0 Å². The van der Waals surface area contributed by atoms with Crippen LogP contribution in [0.25, 0.3) is 22.3 Å². The van der Waals surface area contributed by atoms with E-state index in [1.807, 2.05) is 12.1 Å². The summed E-state index contributed by atoms with van der Waals surface area (Å²) in [6.45, 7) is 0. The fourth-order valence-corrected chi connectivity index (χ4v) is 5.02. The third kappa shape index (κ3) is 6.00. The largest absolute Gasteiger partial charge is 0.456 e. The molecule has 1 heteroatoms. The van der Waals surface area contributed by atoms with Gasteiger partial charge in [0.15, 0.2) is 0 Å². The van der Waals surface area contributed by atoms with Gasteiger partial charge in [0.05, 0.1) is 0 Å². The van der Waals surface area contributed by atoms with Crippen molar-refractivity contribution < 1.29 is 4.74 Å². The molecule has 6 aromatic rings. The highest BCUT2D eigenvalue weighted by Crippen LogP contribution is 2.39. The molecular formula is C38H30O. The topological polar surface area (TPSA) is 9.23 Å². The molecule has 0 bridgehead atoms. The molecule has 0 N–H and O–H groups in total. The number of benzene rings is 6. The van der Waals surface area contributed by atoms with E-state index in [0.29, 0.717) is 0 Å². The van der Waals surface area contributed by atoms with E-state index in [2.05, 4.69) is 146 Å². The Morgan fingerprint density at radius 1 is 0.333 bits per heavy atom. The lowest BCUT2D eigenvalue weighted by Gasteiger charge is -2.17. The quantitative estimate of drug-likeness (QED) is 0.201. The molecule has 0 heterocycles. The molecule has 0 saturated carbocycles. The summed E-state index contributed by atoms with van der Waals surface area (Å²) in [6, 6.07) is 55.4. The van der Waals surface area contributed by atoms with Crippen molar-refractivity contribution in [2.24, 2.45) is 0 Å². The lowest BCUT2D eigenvalue weighted by atomic mass is 9.98. The minimum absolute atomic E-state index is 0.853. The minimum atomic E-state index is 0.853. The van der Waals surface area contributed by atoms with Crippen molar-refractivity contribution in [1.29, 1.82) is 0 Å². The number of hydrogen-bond acceptors (Lipinski definition) is 1. The average molecular weight is 503 g/mol. The molecule has 0 saturated heterocycles. The van der Waals surface area contributed by atoms with Crippen molar-refractivity contribution >= 4 is 0 Å². The van der Waals surface area contributed by atoms with E-state index in [-0.39, 0.29) is 0 Å². The van der Waals surface area contributed by atoms with Gasteiger partial charge < -0.3 is 4.74 Å². The average Bonchev–Trinajstić information content (AvgIpc) is 2.99. The molecule has 1 nitrogen and oxygen atoms in total. The van der Waals surface area contributed by atoms with Gasteiger partial charge in [-0.2, -0.15) is 0 Å². The van der Waals surface area contributed by atoms with Crippen molar-refractivity contribution in [3.63, 3.8) is 0 Å². The zero-order chi connectivity index (χ0) is 26.3. The molecule has 0 aliphatic carbocycles. The van der Waals surface area contributed by atoms with E-state index in [1.165, 1.54) is 22.3 Å². The van der Waals surface area contributed by atoms with Crippen molar-refractivity contribution in [2.75, 3.05) is 0 Å². The summed E-state index contributed by atoms with van der Waals surface area (Å²) in [7, 11) is 0. The van der Waals surface area contributed by atoms with Gasteiger partial charge in [-0.3, -0.25) is 0 Å². The highest BCUT2D eigenvalue weighted by Gasteiger charge is 2.14. The van der Waals surface area contributed by atoms with Crippen LogP contribution in [-0.2, 0) is 12.8 Å². The second-order valence-electron chi connectivity index (χ2n) is 9.82. The Labute approximate surface area is 231 Å². The first-order valence-electron chi connectivity index (χ1n) is 13.4. The van der Waals surface area contributed by atoms with Gasteiger partial charge >= 0.3 is 0 Å². The van der Waals surface area contributed by atoms with Crippen LogP contribution in [0.2, 0.25) is 0 Å². The Hall–Kier alpha value is -4.88. The summed E-state index contributed by atoms with van der Waals surface area (Å²) in [6.07, 6.45) is 1.71. The van der Waals surface area contributed by atoms with Gasteiger partial charge in [0.2, 0.25) is 0 Å². The first-order valence-corrected chi connectivity index (χ1v) is 13.4. The highest BCUT2D eigenvalue weighted by molar-refractivity contribution is 5.75.